The van der Waals surface area contributed by atoms with Gasteiger partial charge in [-0.15, -0.1) is 0 Å². The molecular weight excluding hydrogens is 402 g/mol. The molecule has 4 rings (SSSR count). The van der Waals surface area contributed by atoms with Crippen molar-refractivity contribution >= 4 is 39.2 Å². The molecule has 0 atom stereocenters. The third-order valence-electron chi connectivity index (χ3n) is 4.40. The van der Waals surface area contributed by atoms with Gasteiger partial charge in [-0.25, -0.2) is 4.98 Å². The molecule has 0 radical (unpaired) electrons. The summed E-state index contributed by atoms with van der Waals surface area (Å²) >= 11 is 1.46. The van der Waals surface area contributed by atoms with Crippen molar-refractivity contribution in [2.75, 3.05) is 17.6 Å². The first-order valence-corrected chi connectivity index (χ1v) is 11.2. The Hall–Kier alpha value is -2.66. The number of anilines is 1. The van der Waals surface area contributed by atoms with E-state index in [0.717, 1.165) is 18.7 Å². The number of nitrogens with one attached hydrogen (secondary N) is 3. The van der Waals surface area contributed by atoms with Gasteiger partial charge in [0.1, 0.15) is 10.5 Å². The van der Waals surface area contributed by atoms with Crippen LogP contribution in [0.25, 0.3) is 0 Å². The molecule has 3 heterocycles. The third-order valence-corrected chi connectivity index (χ3v) is 6.76. The molecule has 11 heteroatoms. The van der Waals surface area contributed by atoms with Gasteiger partial charge >= 0.3 is 10.0 Å². The van der Waals surface area contributed by atoms with Crippen LogP contribution in [0.2, 0.25) is 0 Å². The fraction of sp³-hybridized carbons (Fsp3) is 0.294. The maximum Gasteiger partial charge on any atom is 0.328 e. The van der Waals surface area contributed by atoms with Gasteiger partial charge in [0.25, 0.3) is 17.3 Å². The highest BCUT2D eigenvalue weighted by molar-refractivity contribution is 7.99. The van der Waals surface area contributed by atoms with E-state index in [2.05, 4.69) is 20.0 Å². The smallest absolute Gasteiger partial charge is 0.322 e. The molecule has 146 valence electrons. The van der Waals surface area contributed by atoms with Crippen molar-refractivity contribution in [3.8, 4) is 0 Å². The number of sulfonamides is 1. The second-order valence-corrected chi connectivity index (χ2v) is 9.10. The van der Waals surface area contributed by atoms with Gasteiger partial charge in [-0.05, 0) is 24.6 Å². The first kappa shape index (κ1) is 18.7. The van der Waals surface area contributed by atoms with E-state index in [0.29, 0.717) is 24.0 Å². The molecule has 0 saturated carbocycles. The Labute approximate surface area is 165 Å². The number of amides is 1. The molecule has 1 aromatic carbocycles. The van der Waals surface area contributed by atoms with Gasteiger partial charge in [-0.1, -0.05) is 17.8 Å². The summed E-state index contributed by atoms with van der Waals surface area (Å²) in [5.74, 6) is 0.678. The number of nitrogens with zero attached hydrogens (tertiary/aromatic N) is 2. The number of fused-ring (bicyclic) bond motifs is 1. The molecule has 2 aliphatic rings. The summed E-state index contributed by atoms with van der Waals surface area (Å²) in [5, 5.41) is 3.18. The maximum atomic E-state index is 12.5. The standard InChI is InChI=1S/C17H17N5O4S2/c23-15(13-10-19-17-22(16(13)24)7-8-27-17)20-11-3-1-4-12(9-11)28(25,26)21-14-5-2-6-18-14/h1,3-4,9-10H,2,5-8H2,(H,18,21)(H,20,23)/p+1. The van der Waals surface area contributed by atoms with Crippen LogP contribution in [-0.2, 0) is 16.6 Å². The van der Waals surface area contributed by atoms with Crippen molar-refractivity contribution in [3.05, 3.63) is 46.4 Å². The summed E-state index contributed by atoms with van der Waals surface area (Å²) in [7, 11) is -3.76. The van der Waals surface area contributed by atoms with Crippen molar-refractivity contribution in [1.82, 2.24) is 14.3 Å². The summed E-state index contributed by atoms with van der Waals surface area (Å²) in [6.07, 6.45) is 2.77. The maximum absolute atomic E-state index is 12.5. The highest BCUT2D eigenvalue weighted by atomic mass is 32.2. The average Bonchev–Trinajstić information content (AvgIpc) is 3.34. The fourth-order valence-corrected chi connectivity index (χ4v) is 5.08. The van der Waals surface area contributed by atoms with Crippen molar-refractivity contribution in [1.29, 1.82) is 0 Å². The lowest BCUT2D eigenvalue weighted by Gasteiger charge is -2.08. The lowest BCUT2D eigenvalue weighted by Crippen LogP contribution is -2.72. The van der Waals surface area contributed by atoms with E-state index in [1.165, 1.54) is 40.7 Å². The molecule has 3 N–H and O–H groups in total. The minimum atomic E-state index is -3.76. The van der Waals surface area contributed by atoms with Gasteiger partial charge in [0.15, 0.2) is 5.16 Å². The number of hydrogen-bond acceptors (Lipinski definition) is 6. The van der Waals surface area contributed by atoms with E-state index >= 15 is 0 Å². The highest BCUT2D eigenvalue weighted by Gasteiger charge is 2.25. The molecule has 28 heavy (non-hydrogen) atoms. The third kappa shape index (κ3) is 3.67. The van der Waals surface area contributed by atoms with Crippen LogP contribution >= 0.6 is 11.8 Å². The molecular formula is C17H18N5O4S2+. The molecule has 0 bridgehead atoms. The Morgan fingerprint density at radius 2 is 2.18 bits per heavy atom. The molecule has 0 spiro atoms. The molecule has 1 amide bonds. The molecule has 0 unspecified atom stereocenters. The Bertz CT molecular complexity index is 1140. The van der Waals surface area contributed by atoms with Crippen LogP contribution < -0.4 is 20.6 Å². The number of hydrogen-bond donors (Lipinski definition) is 3. The zero-order valence-electron chi connectivity index (χ0n) is 14.8. The molecule has 0 saturated heterocycles. The number of carbonyl (C=O) groups is 1. The van der Waals surface area contributed by atoms with Crippen LogP contribution in [0.3, 0.4) is 0 Å². The number of rotatable bonds is 4. The quantitative estimate of drug-likeness (QED) is 0.554. The molecule has 0 aliphatic carbocycles. The summed E-state index contributed by atoms with van der Waals surface area (Å²) in [4.78, 5) is 32.1. The molecule has 0 fully saturated rings. The lowest BCUT2D eigenvalue weighted by molar-refractivity contribution is -0.448. The van der Waals surface area contributed by atoms with Gasteiger partial charge in [0, 0.05) is 24.2 Å². The Balaban J connectivity index is 1.55. The molecule has 2 aromatic rings. The zero-order valence-corrected chi connectivity index (χ0v) is 16.4. The highest BCUT2D eigenvalue weighted by Crippen LogP contribution is 2.21. The largest absolute Gasteiger partial charge is 0.328 e. The van der Waals surface area contributed by atoms with Crippen LogP contribution in [0.4, 0.5) is 5.69 Å². The SMILES string of the molecule is O=C(Nc1cccc(S(=O)(=O)NC2=[NH+]CCC2)c1)c1cnc2n(c1=O)CCS2. The summed E-state index contributed by atoms with van der Waals surface area (Å²) in [6.45, 7) is 1.25. The molecule has 1 aromatic heterocycles. The van der Waals surface area contributed by atoms with Gasteiger partial charge < -0.3 is 5.32 Å². The van der Waals surface area contributed by atoms with Crippen molar-refractivity contribution in [2.24, 2.45) is 0 Å². The van der Waals surface area contributed by atoms with Gasteiger partial charge in [0.2, 0.25) is 0 Å². The fourth-order valence-electron chi connectivity index (χ4n) is 3.01. The van der Waals surface area contributed by atoms with Gasteiger partial charge in [-0.3, -0.25) is 19.1 Å². The van der Waals surface area contributed by atoms with E-state index in [9.17, 15) is 18.0 Å². The average molecular weight is 420 g/mol. The van der Waals surface area contributed by atoms with E-state index in [1.54, 1.807) is 6.07 Å². The van der Waals surface area contributed by atoms with Crippen LogP contribution in [0.1, 0.15) is 23.2 Å². The van der Waals surface area contributed by atoms with E-state index < -0.39 is 21.5 Å². The number of benzene rings is 1. The van der Waals surface area contributed by atoms with Crippen molar-refractivity contribution < 1.29 is 18.2 Å². The number of carbonyl (C=O) groups excluding carboxylic acids is 1. The van der Waals surface area contributed by atoms with E-state index in [1.807, 2.05) is 0 Å². The van der Waals surface area contributed by atoms with Crippen LogP contribution in [0.15, 0.2) is 45.3 Å². The first-order valence-electron chi connectivity index (χ1n) is 8.71. The monoisotopic (exact) mass is 420 g/mol. The van der Waals surface area contributed by atoms with Crippen LogP contribution in [-0.4, -0.2) is 42.0 Å². The number of amidine groups is 1. The van der Waals surface area contributed by atoms with Gasteiger partial charge in [0.05, 0.1) is 13.0 Å². The molecule has 9 nitrogen and oxygen atoms in total. The normalized spacial score (nSPS) is 15.8. The summed E-state index contributed by atoms with van der Waals surface area (Å²) in [6, 6.07) is 5.88. The van der Waals surface area contributed by atoms with E-state index in [4.69, 9.17) is 0 Å². The Morgan fingerprint density at radius 3 is 2.96 bits per heavy atom. The van der Waals surface area contributed by atoms with E-state index in [-0.39, 0.29) is 16.1 Å². The van der Waals surface area contributed by atoms with Crippen molar-refractivity contribution in [3.63, 3.8) is 0 Å². The predicted molar refractivity (Wildman–Crippen MR) is 104 cm³/mol. The minimum absolute atomic E-state index is 0.0201. The molecule has 2 aliphatic heterocycles. The second kappa shape index (κ2) is 7.40. The zero-order chi connectivity index (χ0) is 19.7. The second-order valence-electron chi connectivity index (χ2n) is 6.36. The van der Waals surface area contributed by atoms with Crippen molar-refractivity contribution in [2.45, 2.75) is 29.4 Å². The first-order chi connectivity index (χ1) is 13.4. The predicted octanol–water partition coefficient (Wildman–Crippen LogP) is -0.847. The topological polar surface area (TPSA) is 124 Å². The Kier molecular flexibility index (Phi) is 4.94. The summed E-state index contributed by atoms with van der Waals surface area (Å²) in [5.41, 5.74) is -0.207. The van der Waals surface area contributed by atoms with Gasteiger partial charge in [-0.2, -0.15) is 13.1 Å². The number of aromatic nitrogens is 2. The van der Waals surface area contributed by atoms with Crippen LogP contribution in [0.5, 0.6) is 0 Å². The summed E-state index contributed by atoms with van der Waals surface area (Å²) < 4.78 is 29.0. The Morgan fingerprint density at radius 1 is 1.32 bits per heavy atom. The minimum Gasteiger partial charge on any atom is -0.322 e. The lowest BCUT2D eigenvalue weighted by atomic mass is 10.2. The number of thioether (sulfide) groups is 1. The van der Waals surface area contributed by atoms with Crippen LogP contribution in [0, 0.1) is 0 Å².